The highest BCUT2D eigenvalue weighted by molar-refractivity contribution is 5.92. The Hall–Kier alpha value is -3.55. The van der Waals surface area contributed by atoms with Crippen LogP contribution in [0.3, 0.4) is 0 Å². The summed E-state index contributed by atoms with van der Waals surface area (Å²) in [5.41, 5.74) is 2.56. The summed E-state index contributed by atoms with van der Waals surface area (Å²) in [6.07, 6.45) is 13.4. The van der Waals surface area contributed by atoms with Crippen LogP contribution < -0.4 is 5.32 Å². The summed E-state index contributed by atoms with van der Waals surface area (Å²) in [5, 5.41) is 3.28. The molecule has 1 aliphatic heterocycles. The molecule has 0 radical (unpaired) electrons. The van der Waals surface area contributed by atoms with Crippen LogP contribution in [0.2, 0.25) is 0 Å². The number of carbonyl (C=O) groups excluding carboxylic acids is 1. The minimum atomic E-state index is -0.126. The number of amides is 1. The van der Waals surface area contributed by atoms with Crippen LogP contribution in [0.25, 0.3) is 6.08 Å². The highest BCUT2D eigenvalue weighted by Crippen LogP contribution is 2.35. The van der Waals surface area contributed by atoms with Crippen LogP contribution >= 0.6 is 0 Å². The molecule has 8 nitrogen and oxygen atoms in total. The van der Waals surface area contributed by atoms with Crippen molar-refractivity contribution in [3.05, 3.63) is 66.3 Å². The number of nitrogens with one attached hydrogen (secondary N) is 2. The van der Waals surface area contributed by atoms with Gasteiger partial charge < -0.3 is 15.2 Å². The molecule has 8 heteroatoms. The number of aryl methyl sites for hydroxylation is 1. The quantitative estimate of drug-likeness (QED) is 0.665. The lowest BCUT2D eigenvalue weighted by atomic mass is 10.1. The van der Waals surface area contributed by atoms with Crippen molar-refractivity contribution in [2.75, 3.05) is 11.9 Å². The molecule has 0 aromatic carbocycles. The second-order valence-corrected chi connectivity index (χ2v) is 6.61. The number of aromatic nitrogens is 5. The first-order valence-corrected chi connectivity index (χ1v) is 9.19. The fourth-order valence-corrected chi connectivity index (χ4v) is 3.35. The molecule has 0 aliphatic carbocycles. The monoisotopic (exact) mass is 375 g/mol. The topological polar surface area (TPSA) is 99.7 Å². The predicted molar refractivity (Wildman–Crippen MR) is 106 cm³/mol. The van der Waals surface area contributed by atoms with Gasteiger partial charge in [-0.15, -0.1) is 0 Å². The average Bonchev–Trinajstić information content (AvgIpc) is 3.40. The summed E-state index contributed by atoms with van der Waals surface area (Å²) in [6, 6.07) is 3.75. The lowest BCUT2D eigenvalue weighted by molar-refractivity contribution is -0.126. The molecule has 1 fully saturated rings. The van der Waals surface area contributed by atoms with Gasteiger partial charge in [0, 0.05) is 31.2 Å². The molecule has 2 N–H and O–H groups in total. The van der Waals surface area contributed by atoms with E-state index < -0.39 is 0 Å². The molecule has 1 aliphatic rings. The Morgan fingerprint density at radius 3 is 2.93 bits per heavy atom. The zero-order valence-electron chi connectivity index (χ0n) is 15.5. The van der Waals surface area contributed by atoms with Gasteiger partial charge >= 0.3 is 0 Å². The fourth-order valence-electron chi connectivity index (χ4n) is 3.35. The number of hydrogen-bond acceptors (Lipinski definition) is 6. The van der Waals surface area contributed by atoms with E-state index in [4.69, 9.17) is 0 Å². The number of imidazole rings is 1. The number of pyridine rings is 1. The van der Waals surface area contributed by atoms with E-state index >= 15 is 0 Å². The SMILES string of the molecule is Cc1cccnc1Nc1nccnc1[C@H]1CCCN1C(=O)/C=C/c1cnc[nH]1. The number of anilines is 2. The Labute approximate surface area is 162 Å². The largest absolute Gasteiger partial charge is 0.345 e. The predicted octanol–water partition coefficient (Wildman–Crippen LogP) is 3.02. The average molecular weight is 375 g/mol. The van der Waals surface area contributed by atoms with Crippen LogP contribution in [0, 0.1) is 6.92 Å². The molecule has 0 unspecified atom stereocenters. The minimum absolute atomic E-state index is 0.0530. The lowest BCUT2D eigenvalue weighted by Crippen LogP contribution is -2.30. The van der Waals surface area contributed by atoms with E-state index in [1.807, 2.05) is 24.0 Å². The smallest absolute Gasteiger partial charge is 0.247 e. The third-order valence-electron chi connectivity index (χ3n) is 4.75. The van der Waals surface area contributed by atoms with E-state index in [-0.39, 0.29) is 11.9 Å². The van der Waals surface area contributed by atoms with Gasteiger partial charge in [0.15, 0.2) is 5.82 Å². The maximum Gasteiger partial charge on any atom is 0.247 e. The summed E-state index contributed by atoms with van der Waals surface area (Å²) < 4.78 is 0. The van der Waals surface area contributed by atoms with Gasteiger partial charge in [0.25, 0.3) is 0 Å². The molecule has 1 amide bonds. The van der Waals surface area contributed by atoms with Gasteiger partial charge in [0.2, 0.25) is 5.91 Å². The van der Waals surface area contributed by atoms with E-state index in [2.05, 4.69) is 30.2 Å². The first kappa shape index (κ1) is 17.8. The second kappa shape index (κ2) is 7.99. The number of likely N-dealkylation sites (tertiary alicyclic amines) is 1. The van der Waals surface area contributed by atoms with Gasteiger partial charge in [-0.2, -0.15) is 0 Å². The van der Waals surface area contributed by atoms with E-state index in [9.17, 15) is 4.79 Å². The van der Waals surface area contributed by atoms with Gasteiger partial charge in [0.05, 0.1) is 24.3 Å². The third-order valence-corrected chi connectivity index (χ3v) is 4.75. The molecule has 0 spiro atoms. The molecule has 142 valence electrons. The normalized spacial score (nSPS) is 16.6. The molecular weight excluding hydrogens is 354 g/mol. The Bertz CT molecular complexity index is 984. The van der Waals surface area contributed by atoms with Crippen molar-refractivity contribution in [3.63, 3.8) is 0 Å². The van der Waals surface area contributed by atoms with Gasteiger partial charge in [-0.05, 0) is 37.5 Å². The molecule has 1 atom stereocenters. The van der Waals surface area contributed by atoms with Crippen LogP contribution in [0.1, 0.15) is 35.8 Å². The Balaban J connectivity index is 1.58. The molecule has 3 aromatic heterocycles. The summed E-state index contributed by atoms with van der Waals surface area (Å²) in [7, 11) is 0. The minimum Gasteiger partial charge on any atom is -0.345 e. The Kier molecular flexibility index (Phi) is 5.09. The summed E-state index contributed by atoms with van der Waals surface area (Å²) in [4.78, 5) is 34.9. The zero-order valence-corrected chi connectivity index (χ0v) is 15.5. The molecule has 4 rings (SSSR count). The molecular formula is C20H21N7O. The van der Waals surface area contributed by atoms with Crippen molar-refractivity contribution in [2.24, 2.45) is 0 Å². The van der Waals surface area contributed by atoms with Crippen molar-refractivity contribution in [2.45, 2.75) is 25.8 Å². The molecule has 3 aromatic rings. The highest BCUT2D eigenvalue weighted by atomic mass is 16.2. The van der Waals surface area contributed by atoms with Crippen molar-refractivity contribution in [1.29, 1.82) is 0 Å². The second-order valence-electron chi connectivity index (χ2n) is 6.61. The summed E-state index contributed by atoms with van der Waals surface area (Å²) in [6.45, 7) is 2.67. The third kappa shape index (κ3) is 3.75. The van der Waals surface area contributed by atoms with Gasteiger partial charge in [0.1, 0.15) is 11.5 Å². The highest BCUT2D eigenvalue weighted by Gasteiger charge is 2.32. The number of nitrogens with zero attached hydrogens (tertiary/aromatic N) is 5. The maximum absolute atomic E-state index is 12.8. The lowest BCUT2D eigenvalue weighted by Gasteiger charge is -2.24. The van der Waals surface area contributed by atoms with Gasteiger partial charge in [-0.3, -0.25) is 9.78 Å². The molecule has 28 heavy (non-hydrogen) atoms. The van der Waals surface area contributed by atoms with Crippen molar-refractivity contribution < 1.29 is 4.79 Å². The van der Waals surface area contributed by atoms with Crippen molar-refractivity contribution >= 4 is 23.6 Å². The van der Waals surface area contributed by atoms with Crippen LogP contribution in [0.5, 0.6) is 0 Å². The van der Waals surface area contributed by atoms with Gasteiger partial charge in [-0.1, -0.05) is 6.07 Å². The van der Waals surface area contributed by atoms with Crippen LogP contribution in [0.4, 0.5) is 11.6 Å². The van der Waals surface area contributed by atoms with E-state index in [0.717, 1.165) is 35.6 Å². The molecule has 4 heterocycles. The Morgan fingerprint density at radius 1 is 1.25 bits per heavy atom. The summed E-state index contributed by atoms with van der Waals surface area (Å²) >= 11 is 0. The standard InChI is InChI=1S/C20H21N7O/c1-14-4-2-8-23-19(14)26-20-18(22-9-10-24-20)16-5-3-11-27(16)17(28)7-6-15-12-21-13-25-15/h2,4,6-10,12-13,16H,3,5,11H2,1H3,(H,21,25)(H,23,24,26)/b7-6+/t16-/m1/s1. The van der Waals surface area contributed by atoms with Crippen molar-refractivity contribution in [3.8, 4) is 0 Å². The number of H-pyrrole nitrogens is 1. The number of hydrogen-bond donors (Lipinski definition) is 2. The molecule has 0 bridgehead atoms. The summed E-state index contributed by atoms with van der Waals surface area (Å²) in [5.74, 6) is 1.31. The number of rotatable bonds is 5. The van der Waals surface area contributed by atoms with Crippen LogP contribution in [0.15, 0.2) is 49.3 Å². The van der Waals surface area contributed by atoms with Crippen LogP contribution in [-0.4, -0.2) is 42.3 Å². The first-order chi connectivity index (χ1) is 13.7. The first-order valence-electron chi connectivity index (χ1n) is 9.19. The van der Waals surface area contributed by atoms with E-state index in [1.165, 1.54) is 0 Å². The number of aromatic amines is 1. The number of carbonyl (C=O) groups is 1. The molecule has 0 saturated carbocycles. The van der Waals surface area contributed by atoms with Crippen LogP contribution in [-0.2, 0) is 4.79 Å². The fraction of sp³-hybridized carbons (Fsp3) is 0.250. The van der Waals surface area contributed by atoms with Crippen molar-refractivity contribution in [1.82, 2.24) is 29.8 Å². The maximum atomic E-state index is 12.8. The zero-order chi connectivity index (χ0) is 19.3. The van der Waals surface area contributed by atoms with Gasteiger partial charge in [-0.25, -0.2) is 15.0 Å². The van der Waals surface area contributed by atoms with E-state index in [1.54, 1.807) is 43.3 Å². The van der Waals surface area contributed by atoms with E-state index in [0.29, 0.717) is 12.4 Å². The Morgan fingerprint density at radius 2 is 2.11 bits per heavy atom. The molecule has 1 saturated heterocycles.